The zero-order valence-corrected chi connectivity index (χ0v) is 13.3. The molecular weight excluding hydrogens is 284 g/mol. The zero-order chi connectivity index (χ0) is 15.1. The van der Waals surface area contributed by atoms with Crippen molar-refractivity contribution < 1.29 is 9.90 Å². The molecule has 2 amide bonds. The summed E-state index contributed by atoms with van der Waals surface area (Å²) in [5.41, 5.74) is 1.09. The van der Waals surface area contributed by atoms with Crippen molar-refractivity contribution in [1.82, 2.24) is 10.6 Å². The van der Waals surface area contributed by atoms with Crippen LogP contribution in [0.1, 0.15) is 31.2 Å². The predicted molar refractivity (Wildman–Crippen MR) is 86.4 cm³/mol. The second-order valence-corrected chi connectivity index (χ2v) is 6.48. The smallest absolute Gasteiger partial charge is 0.315 e. The average Bonchev–Trinajstić information content (AvgIpc) is 2.51. The summed E-state index contributed by atoms with van der Waals surface area (Å²) in [6, 6.07) is 8.04. The Morgan fingerprint density at radius 2 is 2.05 bits per heavy atom. The average molecular weight is 308 g/mol. The first-order chi connectivity index (χ1) is 10.2. The number of carbonyl (C=O) groups is 1. The topological polar surface area (TPSA) is 61.4 Å². The molecule has 1 fully saturated rings. The Balaban J connectivity index is 1.67. The molecule has 2 unspecified atom stereocenters. The standard InChI is InChI=1S/C16H24N2O2S/c1-21-15-7-5-12(6-8-15)10-17-16(20)18-11-13-3-2-4-14(19)9-13/h5-8,13-14,19H,2-4,9-11H2,1H3,(H2,17,18,20). The van der Waals surface area contributed by atoms with E-state index >= 15 is 0 Å². The molecule has 1 aromatic carbocycles. The molecule has 2 rings (SSSR count). The van der Waals surface area contributed by atoms with Gasteiger partial charge in [0.2, 0.25) is 0 Å². The first kappa shape index (κ1) is 16.2. The third-order valence-corrected chi connectivity index (χ3v) is 4.66. The van der Waals surface area contributed by atoms with Crippen molar-refractivity contribution in [3.8, 4) is 0 Å². The van der Waals surface area contributed by atoms with Gasteiger partial charge in [0.05, 0.1) is 6.10 Å². The van der Waals surface area contributed by atoms with E-state index in [0.29, 0.717) is 19.0 Å². The van der Waals surface area contributed by atoms with E-state index in [1.165, 1.54) is 4.90 Å². The number of hydrogen-bond donors (Lipinski definition) is 3. The maximum absolute atomic E-state index is 11.8. The lowest BCUT2D eigenvalue weighted by molar-refractivity contribution is 0.101. The molecule has 1 saturated carbocycles. The fourth-order valence-electron chi connectivity index (χ4n) is 2.67. The Morgan fingerprint density at radius 1 is 1.29 bits per heavy atom. The molecule has 116 valence electrons. The highest BCUT2D eigenvalue weighted by molar-refractivity contribution is 7.98. The van der Waals surface area contributed by atoms with Gasteiger partial charge in [0.15, 0.2) is 0 Å². The van der Waals surface area contributed by atoms with Crippen molar-refractivity contribution in [1.29, 1.82) is 0 Å². The Kier molecular flexibility index (Phi) is 6.39. The van der Waals surface area contributed by atoms with E-state index in [2.05, 4.69) is 22.8 Å². The van der Waals surface area contributed by atoms with Gasteiger partial charge in [-0.15, -0.1) is 11.8 Å². The van der Waals surface area contributed by atoms with E-state index in [1.54, 1.807) is 11.8 Å². The first-order valence-electron chi connectivity index (χ1n) is 7.50. The second-order valence-electron chi connectivity index (χ2n) is 5.60. The summed E-state index contributed by atoms with van der Waals surface area (Å²) in [5.74, 6) is 0.403. The minimum Gasteiger partial charge on any atom is -0.393 e. The lowest BCUT2D eigenvalue weighted by Crippen LogP contribution is -2.39. The van der Waals surface area contributed by atoms with Crippen LogP contribution in [0.3, 0.4) is 0 Å². The SMILES string of the molecule is CSc1ccc(CNC(=O)NCC2CCCC(O)C2)cc1. The number of carbonyl (C=O) groups excluding carboxylic acids is 1. The largest absolute Gasteiger partial charge is 0.393 e. The van der Waals surface area contributed by atoms with Gasteiger partial charge in [-0.1, -0.05) is 18.6 Å². The van der Waals surface area contributed by atoms with Gasteiger partial charge < -0.3 is 15.7 Å². The highest BCUT2D eigenvalue weighted by Gasteiger charge is 2.20. The van der Waals surface area contributed by atoms with Gasteiger partial charge in [-0.3, -0.25) is 0 Å². The van der Waals surface area contributed by atoms with Crippen molar-refractivity contribution in [2.75, 3.05) is 12.8 Å². The van der Waals surface area contributed by atoms with Gasteiger partial charge in [0, 0.05) is 18.0 Å². The van der Waals surface area contributed by atoms with Gasteiger partial charge >= 0.3 is 6.03 Å². The summed E-state index contributed by atoms with van der Waals surface area (Å²) in [4.78, 5) is 13.0. The van der Waals surface area contributed by atoms with Crippen LogP contribution in [0.4, 0.5) is 4.79 Å². The number of aliphatic hydroxyl groups is 1. The molecule has 0 aliphatic heterocycles. The van der Waals surface area contributed by atoms with E-state index in [-0.39, 0.29) is 12.1 Å². The molecule has 1 aliphatic carbocycles. The number of amides is 2. The highest BCUT2D eigenvalue weighted by Crippen LogP contribution is 2.23. The van der Waals surface area contributed by atoms with Crippen molar-refractivity contribution in [3.05, 3.63) is 29.8 Å². The molecule has 1 aliphatic rings. The van der Waals surface area contributed by atoms with Crippen LogP contribution in [0, 0.1) is 5.92 Å². The first-order valence-corrected chi connectivity index (χ1v) is 8.72. The summed E-state index contributed by atoms with van der Waals surface area (Å²) < 4.78 is 0. The Hall–Kier alpha value is -1.20. The molecule has 0 heterocycles. The highest BCUT2D eigenvalue weighted by atomic mass is 32.2. The van der Waals surface area contributed by atoms with E-state index < -0.39 is 0 Å². The predicted octanol–water partition coefficient (Wildman–Crippen LogP) is 2.76. The molecule has 5 heteroatoms. The van der Waals surface area contributed by atoms with Crippen LogP contribution in [0.25, 0.3) is 0 Å². The summed E-state index contributed by atoms with van der Waals surface area (Å²) in [7, 11) is 0. The molecule has 4 nitrogen and oxygen atoms in total. The molecular formula is C16H24N2O2S. The number of aliphatic hydroxyl groups excluding tert-OH is 1. The maximum Gasteiger partial charge on any atom is 0.315 e. The van der Waals surface area contributed by atoms with E-state index in [4.69, 9.17) is 0 Å². The van der Waals surface area contributed by atoms with Crippen molar-refractivity contribution >= 4 is 17.8 Å². The number of rotatable bonds is 5. The number of nitrogens with one attached hydrogen (secondary N) is 2. The third-order valence-electron chi connectivity index (χ3n) is 3.92. The van der Waals surface area contributed by atoms with E-state index in [9.17, 15) is 9.90 Å². The molecule has 0 radical (unpaired) electrons. The normalized spacial score (nSPS) is 21.8. The second kappa shape index (κ2) is 8.29. The van der Waals surface area contributed by atoms with Gasteiger partial charge in [0.25, 0.3) is 0 Å². The van der Waals surface area contributed by atoms with Crippen LogP contribution >= 0.6 is 11.8 Å². The molecule has 0 bridgehead atoms. The number of benzene rings is 1. The van der Waals surface area contributed by atoms with Gasteiger partial charge in [-0.25, -0.2) is 4.79 Å². The third kappa shape index (κ3) is 5.59. The van der Waals surface area contributed by atoms with Crippen LogP contribution in [-0.4, -0.2) is 30.0 Å². The minimum atomic E-state index is -0.191. The van der Waals surface area contributed by atoms with Gasteiger partial charge in [-0.05, 0) is 49.1 Å². The van der Waals surface area contributed by atoms with Gasteiger partial charge in [0.1, 0.15) is 0 Å². The van der Waals surface area contributed by atoms with Crippen molar-refractivity contribution in [2.24, 2.45) is 5.92 Å². The van der Waals surface area contributed by atoms with Gasteiger partial charge in [-0.2, -0.15) is 0 Å². The Morgan fingerprint density at radius 3 is 2.71 bits per heavy atom. The molecule has 2 atom stereocenters. The molecule has 0 aromatic heterocycles. The van der Waals surface area contributed by atoms with Crippen LogP contribution in [0.15, 0.2) is 29.2 Å². The van der Waals surface area contributed by atoms with Crippen LogP contribution in [0.5, 0.6) is 0 Å². The van der Waals surface area contributed by atoms with Crippen molar-refractivity contribution in [2.45, 2.75) is 43.2 Å². The number of hydrogen-bond acceptors (Lipinski definition) is 3. The lowest BCUT2D eigenvalue weighted by Gasteiger charge is -2.25. The Bertz CT molecular complexity index is 450. The van der Waals surface area contributed by atoms with Crippen LogP contribution in [0.2, 0.25) is 0 Å². The number of urea groups is 1. The van der Waals surface area contributed by atoms with E-state index in [0.717, 1.165) is 31.2 Å². The van der Waals surface area contributed by atoms with Crippen molar-refractivity contribution in [3.63, 3.8) is 0 Å². The fraction of sp³-hybridized carbons (Fsp3) is 0.562. The molecule has 0 saturated heterocycles. The lowest BCUT2D eigenvalue weighted by atomic mass is 9.87. The summed E-state index contributed by atoms with van der Waals surface area (Å²) >= 11 is 1.71. The summed E-state index contributed by atoms with van der Waals surface area (Å²) in [6.07, 6.45) is 5.70. The monoisotopic (exact) mass is 308 g/mol. The summed E-state index contributed by atoms with van der Waals surface area (Å²) in [5, 5.41) is 15.4. The molecule has 0 spiro atoms. The van der Waals surface area contributed by atoms with Crippen LogP contribution in [-0.2, 0) is 6.54 Å². The summed E-state index contributed by atoms with van der Waals surface area (Å²) in [6.45, 7) is 1.18. The minimum absolute atomic E-state index is 0.135. The molecule has 1 aromatic rings. The molecule has 3 N–H and O–H groups in total. The van der Waals surface area contributed by atoms with Crippen LogP contribution < -0.4 is 10.6 Å². The molecule has 21 heavy (non-hydrogen) atoms. The Labute approximate surface area is 130 Å². The quantitative estimate of drug-likeness (QED) is 0.733. The zero-order valence-electron chi connectivity index (χ0n) is 12.5. The van der Waals surface area contributed by atoms with E-state index in [1.807, 2.05) is 18.4 Å². The fourth-order valence-corrected chi connectivity index (χ4v) is 3.08. The maximum atomic E-state index is 11.8. The number of thioether (sulfide) groups is 1.